The van der Waals surface area contributed by atoms with E-state index in [1.165, 1.54) is 12.1 Å². The molecule has 1 heterocycles. The fourth-order valence-electron chi connectivity index (χ4n) is 4.48. The Morgan fingerprint density at radius 1 is 0.911 bits per heavy atom. The van der Waals surface area contributed by atoms with Crippen LogP contribution in [0.5, 0.6) is 0 Å². The zero-order chi connectivity index (χ0) is 33.8. The number of esters is 5. The minimum Gasteiger partial charge on any atom is -0.478 e. The van der Waals surface area contributed by atoms with E-state index < -0.39 is 84.5 Å². The van der Waals surface area contributed by atoms with Crippen molar-refractivity contribution in [3.63, 3.8) is 0 Å². The maximum atomic E-state index is 13.0. The minimum atomic E-state index is -1.62. The molecule has 1 aliphatic rings. The number of benzene rings is 1. The monoisotopic (exact) mass is 633 g/mol. The number of carbonyl (C=O) groups is 7. The molecule has 2 N–H and O–H groups in total. The maximum absolute atomic E-state index is 13.0. The third-order valence-corrected chi connectivity index (χ3v) is 6.17. The van der Waals surface area contributed by atoms with Gasteiger partial charge in [-0.1, -0.05) is 24.3 Å². The van der Waals surface area contributed by atoms with E-state index in [9.17, 15) is 33.6 Å². The highest BCUT2D eigenvalue weighted by molar-refractivity contribution is 5.88. The number of rotatable bonds is 13. The van der Waals surface area contributed by atoms with Gasteiger partial charge in [0.05, 0.1) is 12.7 Å². The Bertz CT molecular complexity index is 1360. The van der Waals surface area contributed by atoms with Crippen molar-refractivity contribution in [3.8, 4) is 0 Å². The molecule has 5 atom stereocenters. The molecule has 2 rings (SSSR count). The van der Waals surface area contributed by atoms with Crippen molar-refractivity contribution >= 4 is 47.8 Å². The first-order valence-corrected chi connectivity index (χ1v) is 13.5. The van der Waals surface area contributed by atoms with E-state index in [1.807, 2.05) is 0 Å². The highest BCUT2D eigenvalue weighted by Crippen LogP contribution is 2.34. The van der Waals surface area contributed by atoms with Crippen LogP contribution in [-0.4, -0.2) is 91.0 Å². The Labute approximate surface area is 258 Å². The van der Waals surface area contributed by atoms with Crippen LogP contribution >= 0.6 is 0 Å². The highest BCUT2D eigenvalue weighted by atomic mass is 16.6. The van der Waals surface area contributed by atoms with Gasteiger partial charge < -0.3 is 38.8 Å². The Morgan fingerprint density at radius 2 is 1.53 bits per heavy atom. The average molecular weight is 634 g/mol. The molecular formula is C30H35NO14. The molecule has 0 radical (unpaired) electrons. The lowest BCUT2D eigenvalue weighted by Gasteiger charge is -2.43. The van der Waals surface area contributed by atoms with Gasteiger partial charge in [-0.25, -0.2) is 9.59 Å². The van der Waals surface area contributed by atoms with Gasteiger partial charge in [-0.15, -0.1) is 0 Å². The number of hydrogen-bond acceptors (Lipinski definition) is 13. The average Bonchev–Trinajstić information content (AvgIpc) is 2.94. The molecule has 0 aliphatic carbocycles. The van der Waals surface area contributed by atoms with Crippen LogP contribution in [0.4, 0.5) is 0 Å². The molecule has 15 nitrogen and oxygen atoms in total. The molecule has 1 aromatic rings. The molecule has 0 unspecified atom stereocenters. The normalized spacial score (nSPS) is 18.9. The second-order valence-electron chi connectivity index (χ2n) is 9.74. The lowest BCUT2D eigenvalue weighted by molar-refractivity contribution is -0.192. The van der Waals surface area contributed by atoms with Gasteiger partial charge in [0.1, 0.15) is 12.6 Å². The predicted octanol–water partition coefficient (Wildman–Crippen LogP) is 1.48. The molecule has 0 aromatic heterocycles. The third-order valence-electron chi connectivity index (χ3n) is 6.17. The summed E-state index contributed by atoms with van der Waals surface area (Å²) in [5, 5.41) is 11.7. The minimum absolute atomic E-state index is 0.0519. The smallest absolute Gasteiger partial charge is 0.373 e. The van der Waals surface area contributed by atoms with Crippen LogP contribution in [0.15, 0.2) is 41.7 Å². The van der Waals surface area contributed by atoms with Crippen molar-refractivity contribution in [2.75, 3.05) is 13.7 Å². The molecule has 0 bridgehead atoms. The summed E-state index contributed by atoms with van der Waals surface area (Å²) < 4.78 is 32.3. The second-order valence-corrected chi connectivity index (χ2v) is 9.74. The van der Waals surface area contributed by atoms with Crippen molar-refractivity contribution in [3.05, 3.63) is 52.8 Å². The van der Waals surface area contributed by atoms with Crippen molar-refractivity contribution < 1.29 is 67.1 Å². The number of carbonyl (C=O) groups excluding carboxylic acids is 6. The van der Waals surface area contributed by atoms with Gasteiger partial charge in [0.25, 0.3) is 0 Å². The van der Waals surface area contributed by atoms with Gasteiger partial charge in [0.15, 0.2) is 24.4 Å². The number of hydrogen-bond donors (Lipinski definition) is 2. The standard InChI is InChI=1S/C30H35NO14/c1-15(32)31-24-25(43-18(4)35)22(9-7-8-20-10-12-21(13-11-20)29(37)38)26(30(39)40-6)45-28(24)27(44-19(5)36)23(42-17(3)34)14-41-16(2)33/h7-8,10-13,23-25,27-28H,9,14H2,1-6H3,(H,31,32)(H,37,38)/b8-7+/t23-,24-,25+,27-,28-/m1/s1. The van der Waals surface area contributed by atoms with E-state index >= 15 is 0 Å². The zero-order valence-corrected chi connectivity index (χ0v) is 25.5. The van der Waals surface area contributed by atoms with Gasteiger partial charge in [-0.05, 0) is 24.1 Å². The first-order chi connectivity index (χ1) is 21.1. The summed E-state index contributed by atoms with van der Waals surface area (Å²) in [5.74, 6) is -6.50. The molecule has 0 fully saturated rings. The van der Waals surface area contributed by atoms with E-state index in [0.29, 0.717) is 5.56 Å². The van der Waals surface area contributed by atoms with Gasteiger partial charge in [0, 0.05) is 40.2 Å². The van der Waals surface area contributed by atoms with Gasteiger partial charge in [0.2, 0.25) is 11.7 Å². The molecule has 0 spiro atoms. The summed E-state index contributed by atoms with van der Waals surface area (Å²) in [6, 6.07) is 4.55. The molecule has 0 saturated heterocycles. The van der Waals surface area contributed by atoms with E-state index in [1.54, 1.807) is 24.3 Å². The Hall–Kier alpha value is -5.21. The maximum Gasteiger partial charge on any atom is 0.373 e. The van der Waals surface area contributed by atoms with Gasteiger partial charge in [-0.2, -0.15) is 0 Å². The molecule has 1 amide bonds. The lowest BCUT2D eigenvalue weighted by atomic mass is 9.87. The summed E-state index contributed by atoms with van der Waals surface area (Å²) in [6.07, 6.45) is -3.02. The topological polar surface area (TPSA) is 207 Å². The van der Waals surface area contributed by atoms with E-state index in [4.69, 9.17) is 33.5 Å². The Balaban J connectivity index is 2.73. The lowest BCUT2D eigenvalue weighted by Crippen LogP contribution is -2.63. The van der Waals surface area contributed by atoms with Crippen LogP contribution in [0.3, 0.4) is 0 Å². The van der Waals surface area contributed by atoms with Crippen LogP contribution < -0.4 is 5.32 Å². The molecular weight excluding hydrogens is 598 g/mol. The van der Waals surface area contributed by atoms with Crippen LogP contribution in [-0.2, 0) is 57.2 Å². The number of aromatic carboxylic acids is 1. The highest BCUT2D eigenvalue weighted by Gasteiger charge is 2.51. The number of amides is 1. The van der Waals surface area contributed by atoms with Crippen LogP contribution in [0.2, 0.25) is 0 Å². The molecule has 0 saturated carbocycles. The van der Waals surface area contributed by atoms with Crippen molar-refractivity contribution in [2.45, 2.75) is 71.5 Å². The summed E-state index contributed by atoms with van der Waals surface area (Å²) in [4.78, 5) is 84.8. The number of ether oxygens (including phenoxy) is 6. The summed E-state index contributed by atoms with van der Waals surface area (Å²) in [6.45, 7) is 4.84. The van der Waals surface area contributed by atoms with E-state index in [2.05, 4.69) is 5.32 Å². The van der Waals surface area contributed by atoms with Crippen LogP contribution in [0.25, 0.3) is 6.08 Å². The fourth-order valence-corrected chi connectivity index (χ4v) is 4.48. The first kappa shape index (κ1) is 36.0. The number of nitrogens with one attached hydrogen (secondary N) is 1. The van der Waals surface area contributed by atoms with Crippen molar-refractivity contribution in [1.29, 1.82) is 0 Å². The van der Waals surface area contributed by atoms with Gasteiger partial charge in [-0.3, -0.25) is 24.0 Å². The second kappa shape index (κ2) is 16.6. The Kier molecular flexibility index (Phi) is 13.3. The number of carboxylic acid groups (broad SMARTS) is 1. The largest absolute Gasteiger partial charge is 0.478 e. The molecule has 1 aromatic carbocycles. The quantitative estimate of drug-likeness (QED) is 0.233. The number of carboxylic acids is 1. The summed E-state index contributed by atoms with van der Waals surface area (Å²) >= 11 is 0. The predicted molar refractivity (Wildman–Crippen MR) is 152 cm³/mol. The number of allylic oxidation sites excluding steroid dienone is 1. The summed E-state index contributed by atoms with van der Waals surface area (Å²) in [5.41, 5.74) is 0.726. The third kappa shape index (κ3) is 10.8. The zero-order valence-electron chi connectivity index (χ0n) is 25.5. The molecule has 45 heavy (non-hydrogen) atoms. The first-order valence-electron chi connectivity index (χ1n) is 13.5. The molecule has 244 valence electrons. The van der Waals surface area contributed by atoms with E-state index in [0.717, 1.165) is 41.7 Å². The molecule has 1 aliphatic heterocycles. The summed E-state index contributed by atoms with van der Waals surface area (Å²) in [7, 11) is 1.07. The van der Waals surface area contributed by atoms with Crippen LogP contribution in [0.1, 0.15) is 57.0 Å². The fraction of sp³-hybridized carbons (Fsp3) is 0.433. The van der Waals surface area contributed by atoms with Crippen molar-refractivity contribution in [1.82, 2.24) is 5.32 Å². The van der Waals surface area contributed by atoms with Crippen molar-refractivity contribution in [2.24, 2.45) is 0 Å². The van der Waals surface area contributed by atoms with E-state index in [-0.39, 0.29) is 17.6 Å². The van der Waals surface area contributed by atoms with Crippen LogP contribution in [0, 0.1) is 0 Å². The molecule has 15 heteroatoms. The number of methoxy groups -OCH3 is 1. The Morgan fingerprint density at radius 3 is 2.02 bits per heavy atom. The van der Waals surface area contributed by atoms with Gasteiger partial charge >= 0.3 is 35.8 Å². The SMILES string of the molecule is COC(=O)C1=C(C/C=C/c2ccc(C(=O)O)cc2)[C@H](OC(C)=O)[C@@H](NC(C)=O)[C@H]([C@H](OC(C)=O)[C@@H](COC(C)=O)OC(C)=O)O1.